The molecule has 0 radical (unpaired) electrons. The van der Waals surface area contributed by atoms with E-state index in [4.69, 9.17) is 9.47 Å². The molecule has 10 heteroatoms. The molecule has 1 aliphatic heterocycles. The number of amides is 1. The maximum atomic E-state index is 12.3. The Labute approximate surface area is 222 Å². The fourth-order valence-electron chi connectivity index (χ4n) is 4.36. The first-order valence-corrected chi connectivity index (χ1v) is 12.7. The zero-order valence-electron chi connectivity index (χ0n) is 22.2. The van der Waals surface area contributed by atoms with Gasteiger partial charge in [-0.3, -0.25) is 4.90 Å². The number of piperazine rings is 1. The third-order valence-corrected chi connectivity index (χ3v) is 6.26. The number of nitrogens with zero attached hydrogens (tertiary/aromatic N) is 5. The first-order chi connectivity index (χ1) is 18.3. The molecule has 0 spiro atoms. The Bertz CT molecular complexity index is 1400. The number of carbonyl (C=O) groups is 1. The molecule has 1 saturated heterocycles. The highest BCUT2D eigenvalue weighted by atomic mass is 16.6. The van der Waals surface area contributed by atoms with E-state index in [-0.39, 0.29) is 6.09 Å². The average Bonchev–Trinajstić information content (AvgIpc) is 3.30. The van der Waals surface area contributed by atoms with Gasteiger partial charge in [0.1, 0.15) is 11.4 Å². The van der Waals surface area contributed by atoms with Gasteiger partial charge in [0, 0.05) is 56.7 Å². The van der Waals surface area contributed by atoms with E-state index in [1.54, 1.807) is 24.4 Å². The number of ether oxygens (including phenoxy) is 2. The number of hydrogen-bond acceptors (Lipinski definition) is 8. The Balaban J connectivity index is 1.20. The van der Waals surface area contributed by atoms with Gasteiger partial charge in [-0.05, 0) is 62.2 Å². The molecule has 1 aromatic carbocycles. The van der Waals surface area contributed by atoms with E-state index in [0.29, 0.717) is 30.7 Å². The van der Waals surface area contributed by atoms with Crippen LogP contribution in [0.1, 0.15) is 26.3 Å². The van der Waals surface area contributed by atoms with Crippen LogP contribution in [0.3, 0.4) is 0 Å². The van der Waals surface area contributed by atoms with Crippen molar-refractivity contribution in [1.82, 2.24) is 29.7 Å². The smallest absolute Gasteiger partial charge is 0.410 e. The van der Waals surface area contributed by atoms with Gasteiger partial charge in [-0.1, -0.05) is 6.07 Å². The van der Waals surface area contributed by atoms with Crippen molar-refractivity contribution in [2.24, 2.45) is 0 Å². The fraction of sp³-hybridized carbons (Fsp3) is 0.357. The lowest BCUT2D eigenvalue weighted by molar-refractivity contribution is 0.0139. The minimum Gasteiger partial charge on any atom is -0.481 e. The quantitative estimate of drug-likeness (QED) is 0.376. The molecule has 0 atom stereocenters. The van der Waals surface area contributed by atoms with E-state index >= 15 is 0 Å². The van der Waals surface area contributed by atoms with Crippen LogP contribution >= 0.6 is 0 Å². The lowest BCUT2D eigenvalue weighted by Gasteiger charge is -2.35. The van der Waals surface area contributed by atoms with Crippen molar-refractivity contribution in [3.05, 3.63) is 60.4 Å². The molecule has 1 aliphatic rings. The third-order valence-electron chi connectivity index (χ3n) is 6.26. The van der Waals surface area contributed by atoms with Crippen molar-refractivity contribution in [3.63, 3.8) is 0 Å². The minimum atomic E-state index is -0.481. The summed E-state index contributed by atoms with van der Waals surface area (Å²) in [7, 11) is 1.60. The number of carbonyl (C=O) groups excluding carboxylic acids is 1. The molecule has 3 aromatic heterocycles. The highest BCUT2D eigenvalue weighted by molar-refractivity contribution is 5.83. The maximum absolute atomic E-state index is 12.3. The van der Waals surface area contributed by atoms with Gasteiger partial charge < -0.3 is 24.7 Å². The zero-order chi connectivity index (χ0) is 26.7. The number of aromatic nitrogens is 4. The molecule has 5 rings (SSSR count). The Kier molecular flexibility index (Phi) is 7.15. The normalized spacial score (nSPS) is 14.5. The number of fused-ring (bicyclic) bond motifs is 1. The molecule has 4 heterocycles. The molecule has 198 valence electrons. The summed E-state index contributed by atoms with van der Waals surface area (Å²) in [5.41, 5.74) is 4.47. The molecule has 1 fully saturated rings. The summed E-state index contributed by atoms with van der Waals surface area (Å²) in [6, 6.07) is 13.9. The van der Waals surface area contributed by atoms with E-state index in [2.05, 4.69) is 36.2 Å². The number of imidazole rings is 1. The van der Waals surface area contributed by atoms with E-state index in [1.165, 1.54) is 0 Å². The molecule has 0 unspecified atom stereocenters. The fourth-order valence-corrected chi connectivity index (χ4v) is 4.36. The molecule has 0 aliphatic carbocycles. The Morgan fingerprint density at radius 1 is 1.03 bits per heavy atom. The maximum Gasteiger partial charge on any atom is 0.410 e. The second-order valence-corrected chi connectivity index (χ2v) is 10.3. The molecular weight excluding hydrogens is 482 g/mol. The van der Waals surface area contributed by atoms with Crippen LogP contribution in [0.15, 0.2) is 54.9 Å². The first kappa shape index (κ1) is 25.5. The van der Waals surface area contributed by atoms with Crippen molar-refractivity contribution < 1.29 is 14.3 Å². The third kappa shape index (κ3) is 6.20. The number of anilines is 2. The largest absolute Gasteiger partial charge is 0.481 e. The zero-order valence-corrected chi connectivity index (χ0v) is 22.2. The van der Waals surface area contributed by atoms with Crippen molar-refractivity contribution >= 4 is 28.9 Å². The number of nitrogens with one attached hydrogen (secondary N) is 2. The van der Waals surface area contributed by atoms with Crippen LogP contribution in [0.2, 0.25) is 0 Å². The predicted octanol–water partition coefficient (Wildman–Crippen LogP) is 4.82. The summed E-state index contributed by atoms with van der Waals surface area (Å²) in [6.45, 7) is 9.33. The lowest BCUT2D eigenvalue weighted by Crippen LogP contribution is -2.49. The van der Waals surface area contributed by atoms with Crippen LogP contribution < -0.4 is 10.1 Å². The SMILES string of the molecule is COc1ccc(-c2ccc3nc(Nc4cc(CN5CCN(C(=O)OC(C)(C)C)CC5)ccn4)[nH]c3c2)cn1. The van der Waals surface area contributed by atoms with Gasteiger partial charge in [0.2, 0.25) is 11.8 Å². The average molecular weight is 516 g/mol. The highest BCUT2D eigenvalue weighted by Crippen LogP contribution is 2.26. The Hall–Kier alpha value is -4.18. The van der Waals surface area contributed by atoms with Crippen LogP contribution in [-0.2, 0) is 11.3 Å². The summed E-state index contributed by atoms with van der Waals surface area (Å²) in [6.07, 6.45) is 3.35. The Morgan fingerprint density at radius 3 is 2.53 bits per heavy atom. The van der Waals surface area contributed by atoms with Crippen molar-refractivity contribution in [3.8, 4) is 17.0 Å². The van der Waals surface area contributed by atoms with Gasteiger partial charge >= 0.3 is 6.09 Å². The summed E-state index contributed by atoms with van der Waals surface area (Å²) in [5, 5.41) is 3.29. The number of hydrogen-bond donors (Lipinski definition) is 2. The number of pyridine rings is 2. The first-order valence-electron chi connectivity index (χ1n) is 12.7. The molecule has 10 nitrogen and oxygen atoms in total. The lowest BCUT2D eigenvalue weighted by atomic mass is 10.1. The van der Waals surface area contributed by atoms with E-state index in [9.17, 15) is 4.79 Å². The van der Waals surface area contributed by atoms with E-state index in [0.717, 1.165) is 47.4 Å². The van der Waals surface area contributed by atoms with Crippen LogP contribution in [0, 0.1) is 0 Å². The second kappa shape index (κ2) is 10.7. The predicted molar refractivity (Wildman–Crippen MR) is 146 cm³/mol. The second-order valence-electron chi connectivity index (χ2n) is 10.3. The van der Waals surface area contributed by atoms with Crippen LogP contribution in [0.5, 0.6) is 5.88 Å². The number of benzene rings is 1. The van der Waals surface area contributed by atoms with Gasteiger partial charge in [0.25, 0.3) is 0 Å². The molecule has 2 N–H and O–H groups in total. The van der Waals surface area contributed by atoms with Crippen LogP contribution in [-0.4, -0.2) is 74.7 Å². The summed E-state index contributed by atoms with van der Waals surface area (Å²) < 4.78 is 10.6. The van der Waals surface area contributed by atoms with Gasteiger partial charge in [-0.2, -0.15) is 0 Å². The van der Waals surface area contributed by atoms with Gasteiger partial charge in [0.05, 0.1) is 18.1 Å². The molecule has 0 bridgehead atoms. The molecule has 4 aromatic rings. The molecule has 0 saturated carbocycles. The monoisotopic (exact) mass is 515 g/mol. The van der Waals surface area contributed by atoms with Crippen molar-refractivity contribution in [2.45, 2.75) is 32.9 Å². The van der Waals surface area contributed by atoms with Crippen molar-refractivity contribution in [1.29, 1.82) is 0 Å². The Morgan fingerprint density at radius 2 is 1.82 bits per heavy atom. The summed E-state index contributed by atoms with van der Waals surface area (Å²) >= 11 is 0. The number of aromatic amines is 1. The molecule has 1 amide bonds. The van der Waals surface area contributed by atoms with E-state index in [1.807, 2.05) is 57.2 Å². The standard InChI is InChI=1S/C28H33N7O3/c1-28(2,3)38-27(36)35-13-11-34(12-14-35)18-19-9-10-29-24(15-19)33-26-31-22-7-5-20(16-23(22)32-26)21-6-8-25(37-4)30-17-21/h5-10,15-17H,11-14,18H2,1-4H3,(H2,29,31,32,33). The van der Waals surface area contributed by atoms with Crippen molar-refractivity contribution in [2.75, 3.05) is 38.6 Å². The van der Waals surface area contributed by atoms with Crippen LogP contribution in [0.4, 0.5) is 16.6 Å². The molecular formula is C28H33N7O3. The van der Waals surface area contributed by atoms with Gasteiger partial charge in [-0.25, -0.2) is 19.7 Å². The highest BCUT2D eigenvalue weighted by Gasteiger charge is 2.25. The minimum absolute atomic E-state index is 0.244. The number of methoxy groups -OCH3 is 1. The van der Waals surface area contributed by atoms with Gasteiger partial charge in [0.15, 0.2) is 0 Å². The van der Waals surface area contributed by atoms with Gasteiger partial charge in [-0.15, -0.1) is 0 Å². The molecule has 38 heavy (non-hydrogen) atoms. The van der Waals surface area contributed by atoms with Crippen LogP contribution in [0.25, 0.3) is 22.2 Å². The summed E-state index contributed by atoms with van der Waals surface area (Å²) in [5.74, 6) is 1.93. The topological polar surface area (TPSA) is 109 Å². The number of H-pyrrole nitrogens is 1. The summed E-state index contributed by atoms with van der Waals surface area (Å²) in [4.78, 5) is 33.2. The number of rotatable bonds is 6. The van der Waals surface area contributed by atoms with E-state index < -0.39 is 5.60 Å².